The topological polar surface area (TPSA) is 103 Å². The van der Waals surface area contributed by atoms with E-state index in [1.165, 1.54) is 12.3 Å². The highest BCUT2D eigenvalue weighted by Gasteiger charge is 2.06. The molecule has 1 aromatic carbocycles. The fourth-order valence-electron chi connectivity index (χ4n) is 2.43. The third kappa shape index (κ3) is 4.22. The summed E-state index contributed by atoms with van der Waals surface area (Å²) in [5.74, 6) is -0.404. The van der Waals surface area contributed by atoms with Crippen LogP contribution in [0.1, 0.15) is 16.8 Å². The van der Waals surface area contributed by atoms with Gasteiger partial charge in [0, 0.05) is 22.7 Å². The number of H-pyrrole nitrogens is 2. The van der Waals surface area contributed by atoms with Crippen molar-refractivity contribution in [2.45, 2.75) is 13.3 Å². The molecule has 9 heteroatoms. The molecule has 0 atom stereocenters. The number of aromatic nitrogens is 3. The molecule has 0 radical (unpaired) electrons. The van der Waals surface area contributed by atoms with E-state index in [1.54, 1.807) is 0 Å². The molecule has 26 heavy (non-hydrogen) atoms. The van der Waals surface area contributed by atoms with Crippen molar-refractivity contribution in [2.24, 2.45) is 5.10 Å². The van der Waals surface area contributed by atoms with Gasteiger partial charge in [-0.1, -0.05) is 29.8 Å². The number of carbonyl (C=O) groups excluding carboxylic acids is 1. The second-order valence-electron chi connectivity index (χ2n) is 5.60. The van der Waals surface area contributed by atoms with Crippen molar-refractivity contribution in [1.29, 1.82) is 0 Å². The van der Waals surface area contributed by atoms with Gasteiger partial charge in [0.2, 0.25) is 5.91 Å². The summed E-state index contributed by atoms with van der Waals surface area (Å²) in [7, 11) is 0. The zero-order chi connectivity index (χ0) is 18.7. The van der Waals surface area contributed by atoms with Crippen LogP contribution in [0.5, 0.6) is 0 Å². The Morgan fingerprint density at radius 3 is 2.96 bits per heavy atom. The first-order chi connectivity index (χ1) is 12.4. The summed E-state index contributed by atoms with van der Waals surface area (Å²) >= 11 is 11.0. The molecule has 132 valence electrons. The van der Waals surface area contributed by atoms with Gasteiger partial charge in [0.25, 0.3) is 5.56 Å². The fraction of sp³-hybridized carbons (Fsp3) is 0.118. The Bertz CT molecular complexity index is 1110. The van der Waals surface area contributed by atoms with Crippen LogP contribution in [-0.2, 0) is 11.2 Å². The normalized spacial score (nSPS) is 11.2. The smallest absolute Gasteiger partial charge is 0.251 e. The van der Waals surface area contributed by atoms with Gasteiger partial charge in [-0.25, -0.2) is 10.4 Å². The molecule has 3 aromatic rings. The molecule has 0 unspecified atom stereocenters. The fourth-order valence-corrected chi connectivity index (χ4v) is 2.85. The monoisotopic (exact) mass is 387 g/mol. The van der Waals surface area contributed by atoms with Gasteiger partial charge < -0.3 is 4.98 Å². The molecule has 2 heterocycles. The minimum absolute atomic E-state index is 0.0617. The number of hydrogen-bond donors (Lipinski definition) is 3. The number of nitrogens with one attached hydrogen (secondary N) is 3. The van der Waals surface area contributed by atoms with Gasteiger partial charge in [-0.05, 0) is 30.8 Å². The lowest BCUT2D eigenvalue weighted by Gasteiger charge is -2.04. The Labute approximate surface area is 158 Å². The number of nitrogens with zero attached hydrogens (tertiary/aromatic N) is 2. The molecule has 0 saturated carbocycles. The van der Waals surface area contributed by atoms with Crippen molar-refractivity contribution in [3.63, 3.8) is 0 Å². The van der Waals surface area contributed by atoms with Crippen LogP contribution in [0.25, 0.3) is 10.9 Å². The summed E-state index contributed by atoms with van der Waals surface area (Å²) < 4.78 is 0.160. The largest absolute Gasteiger partial charge is 0.335 e. The quantitative estimate of drug-likeness (QED) is 0.277. The van der Waals surface area contributed by atoms with Gasteiger partial charge in [0.15, 0.2) is 4.77 Å². The first-order valence-electron chi connectivity index (χ1n) is 7.62. The van der Waals surface area contributed by atoms with Crippen LogP contribution in [0.3, 0.4) is 0 Å². The lowest BCUT2D eigenvalue weighted by molar-refractivity contribution is -0.120. The number of hydrogen-bond acceptors (Lipinski definition) is 5. The van der Waals surface area contributed by atoms with Gasteiger partial charge in [-0.2, -0.15) is 5.10 Å². The summed E-state index contributed by atoms with van der Waals surface area (Å²) in [6.45, 7) is 1.96. The minimum atomic E-state index is -0.404. The van der Waals surface area contributed by atoms with Crippen molar-refractivity contribution in [3.05, 3.63) is 67.4 Å². The number of aryl methyl sites for hydroxylation is 1. The predicted molar refractivity (Wildman–Crippen MR) is 103 cm³/mol. The molecular formula is C17H14ClN5O2S. The highest BCUT2D eigenvalue weighted by molar-refractivity contribution is 7.71. The highest BCUT2D eigenvalue weighted by Crippen LogP contribution is 2.21. The lowest BCUT2D eigenvalue weighted by atomic mass is 10.1. The summed E-state index contributed by atoms with van der Waals surface area (Å²) in [6, 6.07) is 8.94. The average Bonchev–Trinajstić information content (AvgIpc) is 2.55. The van der Waals surface area contributed by atoms with Gasteiger partial charge in [-0.15, -0.1) is 0 Å². The third-order valence-electron chi connectivity index (χ3n) is 3.59. The molecule has 0 spiro atoms. The maximum Gasteiger partial charge on any atom is 0.251 e. The van der Waals surface area contributed by atoms with E-state index in [9.17, 15) is 9.59 Å². The summed E-state index contributed by atoms with van der Waals surface area (Å²) in [5.41, 5.74) is 4.84. The Kier molecular flexibility index (Phi) is 5.24. The van der Waals surface area contributed by atoms with Gasteiger partial charge in [0.1, 0.15) is 5.15 Å². The van der Waals surface area contributed by atoms with E-state index < -0.39 is 5.91 Å². The number of para-hydroxylation sites is 1. The molecule has 3 rings (SSSR count). The Balaban J connectivity index is 1.73. The van der Waals surface area contributed by atoms with Crippen molar-refractivity contribution < 1.29 is 4.79 Å². The van der Waals surface area contributed by atoms with E-state index in [1.807, 2.05) is 31.2 Å². The Morgan fingerprint density at radius 1 is 1.38 bits per heavy atom. The van der Waals surface area contributed by atoms with Gasteiger partial charge in [-0.3, -0.25) is 14.6 Å². The first-order valence-corrected chi connectivity index (χ1v) is 8.41. The molecule has 1 amide bonds. The standard InChI is InChI=1S/C17H14ClN5O2S/c1-9-3-2-4-10-5-11(16(18)22-15(9)10)8-19-23-14(25)7-12-6-13(24)21-17(26)20-12/h2-6,8H,7H2,1H3,(H,23,25)(H2,20,21,24,26)/b19-8-. The molecular weight excluding hydrogens is 374 g/mol. The Morgan fingerprint density at radius 2 is 2.19 bits per heavy atom. The van der Waals surface area contributed by atoms with Crippen LogP contribution >= 0.6 is 23.8 Å². The summed E-state index contributed by atoms with van der Waals surface area (Å²) in [5, 5.41) is 5.12. The molecule has 2 aromatic heterocycles. The van der Waals surface area contributed by atoms with Crippen LogP contribution in [0, 0.1) is 11.7 Å². The number of carbonyl (C=O) groups is 1. The van der Waals surface area contributed by atoms with E-state index in [0.717, 1.165) is 16.5 Å². The average molecular weight is 388 g/mol. The lowest BCUT2D eigenvalue weighted by Crippen LogP contribution is -2.21. The Hall–Kier alpha value is -2.84. The van der Waals surface area contributed by atoms with Crippen molar-refractivity contribution in [2.75, 3.05) is 0 Å². The van der Waals surface area contributed by atoms with Crippen LogP contribution in [0.15, 0.2) is 40.2 Å². The third-order valence-corrected chi connectivity index (χ3v) is 4.10. The molecule has 3 N–H and O–H groups in total. The number of aromatic amines is 2. The van der Waals surface area contributed by atoms with Crippen molar-refractivity contribution in [1.82, 2.24) is 20.4 Å². The molecule has 0 aliphatic rings. The molecule has 0 bridgehead atoms. The molecule has 0 aliphatic heterocycles. The van der Waals surface area contributed by atoms with Crippen LogP contribution in [0.4, 0.5) is 0 Å². The number of hydrazone groups is 1. The van der Waals surface area contributed by atoms with E-state index in [0.29, 0.717) is 16.4 Å². The highest BCUT2D eigenvalue weighted by atomic mass is 35.5. The molecule has 0 saturated heterocycles. The van der Waals surface area contributed by atoms with Gasteiger partial charge >= 0.3 is 0 Å². The SMILES string of the molecule is Cc1cccc2cc(/C=N\NC(=O)Cc3cc(=O)[nH]c(=S)[nH]3)c(Cl)nc12. The van der Waals surface area contributed by atoms with E-state index in [-0.39, 0.29) is 16.8 Å². The first kappa shape index (κ1) is 18.0. The zero-order valence-corrected chi connectivity index (χ0v) is 15.2. The number of pyridine rings is 1. The minimum Gasteiger partial charge on any atom is -0.335 e. The van der Waals surface area contributed by atoms with Crippen LogP contribution in [0.2, 0.25) is 5.15 Å². The molecule has 0 fully saturated rings. The zero-order valence-electron chi connectivity index (χ0n) is 13.7. The van der Waals surface area contributed by atoms with Crippen LogP contribution < -0.4 is 11.0 Å². The van der Waals surface area contributed by atoms with Crippen molar-refractivity contribution in [3.8, 4) is 0 Å². The van der Waals surface area contributed by atoms with Crippen molar-refractivity contribution >= 4 is 46.8 Å². The summed E-state index contributed by atoms with van der Waals surface area (Å²) in [4.78, 5) is 32.8. The number of halogens is 1. The predicted octanol–water partition coefficient (Wildman–Crippen LogP) is 2.64. The van der Waals surface area contributed by atoms with E-state index in [4.69, 9.17) is 23.8 Å². The van der Waals surface area contributed by atoms with E-state index >= 15 is 0 Å². The number of rotatable bonds is 4. The second-order valence-corrected chi connectivity index (χ2v) is 6.36. The van der Waals surface area contributed by atoms with Gasteiger partial charge in [0.05, 0.1) is 18.2 Å². The maximum absolute atomic E-state index is 11.9. The number of amides is 1. The second kappa shape index (κ2) is 7.59. The summed E-state index contributed by atoms with van der Waals surface area (Å²) in [6.07, 6.45) is 1.36. The van der Waals surface area contributed by atoms with Crippen LogP contribution in [-0.4, -0.2) is 27.1 Å². The van der Waals surface area contributed by atoms with E-state index in [2.05, 4.69) is 25.5 Å². The number of benzene rings is 1. The number of fused-ring (bicyclic) bond motifs is 1. The molecule has 7 nitrogen and oxygen atoms in total. The molecule has 0 aliphatic carbocycles. The maximum atomic E-state index is 11.9.